The molecule has 5 heteroatoms. The zero-order chi connectivity index (χ0) is 13.5. The third kappa shape index (κ3) is 3.70. The largest absolute Gasteiger partial charge is 0.467 e. The fraction of sp³-hybridized carbons (Fsp3) is 0.143. The zero-order valence-electron chi connectivity index (χ0n) is 10.5. The summed E-state index contributed by atoms with van der Waals surface area (Å²) >= 11 is 0. The Morgan fingerprint density at radius 1 is 1.37 bits per heavy atom. The Morgan fingerprint density at radius 2 is 2.16 bits per heavy atom. The van der Waals surface area contributed by atoms with Crippen molar-refractivity contribution in [2.24, 2.45) is 5.16 Å². The third-order valence-corrected chi connectivity index (χ3v) is 2.48. The van der Waals surface area contributed by atoms with E-state index < -0.39 is 0 Å². The van der Waals surface area contributed by atoms with Crippen molar-refractivity contribution in [2.45, 2.75) is 6.54 Å². The van der Waals surface area contributed by atoms with Crippen LogP contribution in [0.15, 0.2) is 52.2 Å². The van der Waals surface area contributed by atoms with Gasteiger partial charge in [0.05, 0.1) is 19.0 Å². The molecule has 2 aromatic rings. The summed E-state index contributed by atoms with van der Waals surface area (Å²) in [4.78, 5) is 16.4. The van der Waals surface area contributed by atoms with Crippen molar-refractivity contribution in [3.63, 3.8) is 0 Å². The molecule has 0 unspecified atom stereocenters. The number of nitrogens with zero attached hydrogens (tertiary/aromatic N) is 1. The van der Waals surface area contributed by atoms with Gasteiger partial charge in [0.15, 0.2) is 0 Å². The van der Waals surface area contributed by atoms with Gasteiger partial charge in [0.25, 0.3) is 5.91 Å². The van der Waals surface area contributed by atoms with Gasteiger partial charge in [0, 0.05) is 5.56 Å². The predicted octanol–water partition coefficient (Wildman–Crippen LogP) is 2.19. The summed E-state index contributed by atoms with van der Waals surface area (Å²) in [5, 5.41) is 6.42. The van der Waals surface area contributed by atoms with Gasteiger partial charge in [-0.15, -0.1) is 0 Å². The van der Waals surface area contributed by atoms with Crippen molar-refractivity contribution in [2.75, 3.05) is 7.11 Å². The van der Waals surface area contributed by atoms with Crippen LogP contribution in [0.2, 0.25) is 0 Å². The number of nitrogens with one attached hydrogen (secondary N) is 1. The Bertz CT molecular complexity index is 545. The second-order valence-electron chi connectivity index (χ2n) is 3.80. The number of oxime groups is 1. The average molecular weight is 258 g/mol. The molecule has 0 radical (unpaired) electrons. The van der Waals surface area contributed by atoms with Crippen LogP contribution < -0.4 is 5.32 Å². The summed E-state index contributed by atoms with van der Waals surface area (Å²) in [5.74, 6) is 0.573. The minimum absolute atomic E-state index is 0.147. The van der Waals surface area contributed by atoms with Crippen molar-refractivity contribution in [1.82, 2.24) is 5.32 Å². The maximum Gasteiger partial charge on any atom is 0.251 e. The summed E-state index contributed by atoms with van der Waals surface area (Å²) in [7, 11) is 1.48. The first-order valence-electron chi connectivity index (χ1n) is 5.77. The Morgan fingerprint density at radius 3 is 2.79 bits per heavy atom. The maximum absolute atomic E-state index is 11.9. The van der Waals surface area contributed by atoms with E-state index in [2.05, 4.69) is 15.3 Å². The summed E-state index contributed by atoms with van der Waals surface area (Å²) in [6.45, 7) is 0.374. The first-order chi connectivity index (χ1) is 9.29. The molecule has 0 aliphatic carbocycles. The van der Waals surface area contributed by atoms with Gasteiger partial charge >= 0.3 is 0 Å². The van der Waals surface area contributed by atoms with Crippen molar-refractivity contribution in [1.29, 1.82) is 0 Å². The van der Waals surface area contributed by atoms with E-state index in [1.54, 1.807) is 42.8 Å². The Balaban J connectivity index is 1.93. The molecule has 5 nitrogen and oxygen atoms in total. The van der Waals surface area contributed by atoms with E-state index in [0.29, 0.717) is 12.1 Å². The molecule has 0 saturated heterocycles. The Hall–Kier alpha value is -2.56. The second-order valence-corrected chi connectivity index (χ2v) is 3.80. The lowest BCUT2D eigenvalue weighted by molar-refractivity contribution is 0.0948. The van der Waals surface area contributed by atoms with E-state index >= 15 is 0 Å². The molecule has 1 aromatic carbocycles. The van der Waals surface area contributed by atoms with Crippen LogP contribution in [0, 0.1) is 0 Å². The van der Waals surface area contributed by atoms with Crippen LogP contribution in [0.25, 0.3) is 0 Å². The fourth-order valence-corrected chi connectivity index (χ4v) is 1.52. The first kappa shape index (κ1) is 12.9. The molecule has 2 rings (SSSR count). The van der Waals surface area contributed by atoms with E-state index in [4.69, 9.17) is 4.42 Å². The quantitative estimate of drug-likeness (QED) is 0.660. The normalized spacial score (nSPS) is 10.6. The molecule has 98 valence electrons. The van der Waals surface area contributed by atoms with Crippen LogP contribution in [0.4, 0.5) is 0 Å². The predicted molar refractivity (Wildman–Crippen MR) is 70.9 cm³/mol. The Kier molecular flexibility index (Phi) is 4.34. The summed E-state index contributed by atoms with van der Waals surface area (Å²) < 4.78 is 5.14. The standard InChI is InChI=1S/C14H14N2O3/c1-18-16-9-11-4-6-12(7-5-11)14(17)15-10-13-3-2-8-19-13/h2-9H,10H2,1H3,(H,15,17)/b16-9+. The lowest BCUT2D eigenvalue weighted by Gasteiger charge is -2.03. The molecule has 0 aliphatic heterocycles. The van der Waals surface area contributed by atoms with Gasteiger partial charge in [-0.25, -0.2) is 0 Å². The smallest absolute Gasteiger partial charge is 0.251 e. The topological polar surface area (TPSA) is 63.8 Å². The molecule has 1 heterocycles. The van der Waals surface area contributed by atoms with Gasteiger partial charge in [-0.05, 0) is 29.8 Å². The number of benzene rings is 1. The molecular weight excluding hydrogens is 244 g/mol. The highest BCUT2D eigenvalue weighted by atomic mass is 16.6. The fourth-order valence-electron chi connectivity index (χ4n) is 1.52. The molecule has 0 spiro atoms. The van der Waals surface area contributed by atoms with Crippen LogP contribution in [0.5, 0.6) is 0 Å². The molecule has 1 amide bonds. The van der Waals surface area contributed by atoms with Crippen LogP contribution in [-0.4, -0.2) is 19.2 Å². The molecule has 1 N–H and O–H groups in total. The molecule has 19 heavy (non-hydrogen) atoms. The van der Waals surface area contributed by atoms with Crippen LogP contribution >= 0.6 is 0 Å². The third-order valence-electron chi connectivity index (χ3n) is 2.48. The first-order valence-corrected chi connectivity index (χ1v) is 5.77. The number of carbonyl (C=O) groups excluding carboxylic acids is 1. The number of hydrogen-bond acceptors (Lipinski definition) is 4. The summed E-state index contributed by atoms with van der Waals surface area (Å²) in [6.07, 6.45) is 3.15. The van der Waals surface area contributed by atoms with E-state index in [1.807, 2.05) is 6.07 Å². The molecule has 0 bridgehead atoms. The van der Waals surface area contributed by atoms with E-state index in [1.165, 1.54) is 7.11 Å². The van der Waals surface area contributed by atoms with Gasteiger partial charge in [-0.2, -0.15) is 0 Å². The molecule has 0 atom stereocenters. The average Bonchev–Trinajstić information content (AvgIpc) is 2.96. The van der Waals surface area contributed by atoms with Gasteiger partial charge in [-0.1, -0.05) is 17.3 Å². The molecule has 0 aliphatic rings. The van der Waals surface area contributed by atoms with E-state index in [0.717, 1.165) is 11.3 Å². The lowest BCUT2D eigenvalue weighted by atomic mass is 10.1. The van der Waals surface area contributed by atoms with Gasteiger partial charge in [0.2, 0.25) is 0 Å². The Labute approximate surface area is 110 Å². The number of rotatable bonds is 5. The number of carbonyl (C=O) groups is 1. The van der Waals surface area contributed by atoms with Crippen LogP contribution in [0.1, 0.15) is 21.7 Å². The minimum Gasteiger partial charge on any atom is -0.467 e. The van der Waals surface area contributed by atoms with Crippen molar-refractivity contribution < 1.29 is 14.0 Å². The highest BCUT2D eigenvalue weighted by molar-refractivity contribution is 5.94. The molecular formula is C14H14N2O3. The molecule has 0 saturated carbocycles. The molecule has 0 fully saturated rings. The summed E-state index contributed by atoms with van der Waals surface area (Å²) in [5.41, 5.74) is 1.45. The highest BCUT2D eigenvalue weighted by Crippen LogP contribution is 2.04. The van der Waals surface area contributed by atoms with Gasteiger partial charge in [-0.3, -0.25) is 4.79 Å². The second kappa shape index (κ2) is 6.39. The highest BCUT2D eigenvalue weighted by Gasteiger charge is 2.05. The van der Waals surface area contributed by atoms with Crippen LogP contribution in [-0.2, 0) is 11.4 Å². The SMILES string of the molecule is CO/N=C/c1ccc(C(=O)NCc2ccco2)cc1. The van der Waals surface area contributed by atoms with E-state index in [-0.39, 0.29) is 5.91 Å². The van der Waals surface area contributed by atoms with Crippen LogP contribution in [0.3, 0.4) is 0 Å². The molecule has 1 aromatic heterocycles. The minimum atomic E-state index is -0.147. The monoisotopic (exact) mass is 258 g/mol. The van der Waals surface area contributed by atoms with Gasteiger partial charge in [0.1, 0.15) is 12.9 Å². The van der Waals surface area contributed by atoms with Gasteiger partial charge < -0.3 is 14.6 Å². The lowest BCUT2D eigenvalue weighted by Crippen LogP contribution is -2.22. The number of hydrogen-bond donors (Lipinski definition) is 1. The number of furan rings is 1. The zero-order valence-corrected chi connectivity index (χ0v) is 10.5. The van der Waals surface area contributed by atoms with E-state index in [9.17, 15) is 4.79 Å². The van der Waals surface area contributed by atoms with Crippen molar-refractivity contribution in [3.8, 4) is 0 Å². The maximum atomic E-state index is 11.9. The van der Waals surface area contributed by atoms with Crippen molar-refractivity contribution in [3.05, 3.63) is 59.5 Å². The summed E-state index contributed by atoms with van der Waals surface area (Å²) in [6, 6.07) is 10.6. The van der Waals surface area contributed by atoms with Crippen molar-refractivity contribution >= 4 is 12.1 Å². The number of amides is 1.